The Balaban J connectivity index is 1.86. The maximum atomic E-state index is 11.6. The average Bonchev–Trinajstić information content (AvgIpc) is 2.90. The molecule has 7 heteroatoms. The van der Waals surface area contributed by atoms with Gasteiger partial charge in [-0.25, -0.2) is 13.4 Å². The lowest BCUT2D eigenvalue weighted by atomic mass is 10.2. The number of ether oxygens (including phenoxy) is 1. The number of rotatable bonds is 7. The minimum Gasteiger partial charge on any atom is -0.381 e. The van der Waals surface area contributed by atoms with Crippen LogP contribution in [0.4, 0.5) is 11.5 Å². The fraction of sp³-hybridized carbons (Fsp3) is 0.615. The first-order valence-corrected chi connectivity index (χ1v) is 8.56. The van der Waals surface area contributed by atoms with E-state index in [0.717, 1.165) is 31.7 Å². The highest BCUT2D eigenvalue weighted by molar-refractivity contribution is 7.92. The second kappa shape index (κ2) is 6.90. The normalized spacial score (nSPS) is 18.9. The SMILES string of the molecule is CCCS(=O)(=O)Nc1ccc(NCC2CCCO2)cn1. The van der Waals surface area contributed by atoms with Crippen molar-refractivity contribution in [3.8, 4) is 0 Å². The molecule has 0 aromatic carbocycles. The number of hydrogen-bond donors (Lipinski definition) is 2. The molecule has 0 radical (unpaired) electrons. The molecule has 1 aromatic rings. The van der Waals surface area contributed by atoms with Crippen LogP contribution < -0.4 is 10.0 Å². The smallest absolute Gasteiger partial charge is 0.233 e. The highest BCUT2D eigenvalue weighted by Crippen LogP contribution is 2.15. The van der Waals surface area contributed by atoms with Crippen LogP contribution in [0.2, 0.25) is 0 Å². The van der Waals surface area contributed by atoms with Gasteiger partial charge in [0.05, 0.1) is 23.7 Å². The van der Waals surface area contributed by atoms with Crippen LogP contribution in [0.25, 0.3) is 0 Å². The standard InChI is InChI=1S/C13H21N3O3S/c1-2-8-20(17,18)16-13-6-5-11(9-15-13)14-10-12-4-3-7-19-12/h5-6,9,12,14H,2-4,7-8,10H2,1H3,(H,15,16). The number of nitrogens with zero attached hydrogens (tertiary/aromatic N) is 1. The molecular formula is C13H21N3O3S. The van der Waals surface area contributed by atoms with Gasteiger partial charge in [0, 0.05) is 13.2 Å². The summed E-state index contributed by atoms with van der Waals surface area (Å²) in [4.78, 5) is 4.10. The third kappa shape index (κ3) is 4.64. The molecule has 1 aliphatic heterocycles. The van der Waals surface area contributed by atoms with Crippen molar-refractivity contribution in [2.45, 2.75) is 32.3 Å². The topological polar surface area (TPSA) is 80.3 Å². The average molecular weight is 299 g/mol. The third-order valence-electron chi connectivity index (χ3n) is 3.05. The Bertz CT molecular complexity index is 510. The Hall–Kier alpha value is -1.34. The molecule has 1 unspecified atom stereocenters. The van der Waals surface area contributed by atoms with Crippen molar-refractivity contribution < 1.29 is 13.2 Å². The van der Waals surface area contributed by atoms with E-state index in [9.17, 15) is 8.42 Å². The van der Waals surface area contributed by atoms with Crippen LogP contribution in [0.3, 0.4) is 0 Å². The van der Waals surface area contributed by atoms with E-state index >= 15 is 0 Å². The highest BCUT2D eigenvalue weighted by atomic mass is 32.2. The van der Waals surface area contributed by atoms with E-state index in [4.69, 9.17) is 4.74 Å². The van der Waals surface area contributed by atoms with Crippen molar-refractivity contribution in [1.29, 1.82) is 0 Å². The fourth-order valence-electron chi connectivity index (χ4n) is 2.07. The fourth-order valence-corrected chi connectivity index (χ4v) is 3.15. The molecule has 0 aliphatic carbocycles. The summed E-state index contributed by atoms with van der Waals surface area (Å²) in [5.41, 5.74) is 0.860. The van der Waals surface area contributed by atoms with E-state index < -0.39 is 10.0 Å². The second-order valence-electron chi connectivity index (χ2n) is 4.87. The predicted octanol–water partition coefficient (Wildman–Crippen LogP) is 1.82. The largest absolute Gasteiger partial charge is 0.381 e. The van der Waals surface area contributed by atoms with E-state index in [0.29, 0.717) is 12.2 Å². The van der Waals surface area contributed by atoms with Gasteiger partial charge in [-0.15, -0.1) is 0 Å². The van der Waals surface area contributed by atoms with Crippen molar-refractivity contribution in [1.82, 2.24) is 4.98 Å². The van der Waals surface area contributed by atoms with Crippen molar-refractivity contribution in [2.75, 3.05) is 28.9 Å². The lowest BCUT2D eigenvalue weighted by molar-refractivity contribution is 0.120. The van der Waals surface area contributed by atoms with Gasteiger partial charge in [-0.3, -0.25) is 4.72 Å². The first-order chi connectivity index (χ1) is 9.59. The summed E-state index contributed by atoms with van der Waals surface area (Å²) in [6.07, 6.45) is 4.66. The van der Waals surface area contributed by atoms with E-state index in [1.54, 1.807) is 12.3 Å². The molecule has 0 amide bonds. The molecule has 1 fully saturated rings. The number of hydrogen-bond acceptors (Lipinski definition) is 5. The van der Waals surface area contributed by atoms with Crippen molar-refractivity contribution >= 4 is 21.5 Å². The minimum absolute atomic E-state index is 0.105. The Morgan fingerprint density at radius 3 is 2.90 bits per heavy atom. The summed E-state index contributed by atoms with van der Waals surface area (Å²) >= 11 is 0. The monoisotopic (exact) mass is 299 g/mol. The van der Waals surface area contributed by atoms with Crippen LogP contribution in [0.5, 0.6) is 0 Å². The quantitative estimate of drug-likeness (QED) is 0.803. The number of anilines is 2. The summed E-state index contributed by atoms with van der Waals surface area (Å²) in [6.45, 7) is 3.41. The van der Waals surface area contributed by atoms with Gasteiger partial charge in [-0.1, -0.05) is 6.92 Å². The van der Waals surface area contributed by atoms with Crippen LogP contribution in [0.1, 0.15) is 26.2 Å². The summed E-state index contributed by atoms with van der Waals surface area (Å²) in [5, 5.41) is 3.24. The van der Waals surface area contributed by atoms with Crippen LogP contribution >= 0.6 is 0 Å². The van der Waals surface area contributed by atoms with Gasteiger partial charge < -0.3 is 10.1 Å². The van der Waals surface area contributed by atoms with Gasteiger partial charge in [0.25, 0.3) is 0 Å². The number of aromatic nitrogens is 1. The first-order valence-electron chi connectivity index (χ1n) is 6.91. The molecule has 20 heavy (non-hydrogen) atoms. The molecule has 1 aromatic heterocycles. The molecule has 2 rings (SSSR count). The number of pyridine rings is 1. The maximum Gasteiger partial charge on any atom is 0.233 e. The first kappa shape index (κ1) is 15.1. The van der Waals surface area contributed by atoms with Gasteiger partial charge >= 0.3 is 0 Å². The van der Waals surface area contributed by atoms with Crippen LogP contribution in [0.15, 0.2) is 18.3 Å². The van der Waals surface area contributed by atoms with Crippen molar-refractivity contribution in [3.05, 3.63) is 18.3 Å². The van der Waals surface area contributed by atoms with Crippen LogP contribution in [-0.2, 0) is 14.8 Å². The van der Waals surface area contributed by atoms with Gasteiger partial charge in [0.2, 0.25) is 10.0 Å². The molecule has 1 aliphatic rings. The molecule has 2 N–H and O–H groups in total. The predicted molar refractivity (Wildman–Crippen MR) is 79.4 cm³/mol. The maximum absolute atomic E-state index is 11.6. The zero-order chi connectivity index (χ0) is 14.4. The molecule has 0 spiro atoms. The second-order valence-corrected chi connectivity index (χ2v) is 6.71. The van der Waals surface area contributed by atoms with Crippen LogP contribution in [0, 0.1) is 0 Å². The van der Waals surface area contributed by atoms with Crippen LogP contribution in [-0.4, -0.2) is 38.4 Å². The summed E-state index contributed by atoms with van der Waals surface area (Å²) in [7, 11) is -3.28. The highest BCUT2D eigenvalue weighted by Gasteiger charge is 2.15. The van der Waals surface area contributed by atoms with E-state index in [2.05, 4.69) is 15.0 Å². The Labute approximate surface area is 120 Å². The zero-order valence-electron chi connectivity index (χ0n) is 11.6. The van der Waals surface area contributed by atoms with E-state index in [1.807, 2.05) is 13.0 Å². The van der Waals surface area contributed by atoms with E-state index in [1.165, 1.54) is 0 Å². The van der Waals surface area contributed by atoms with Gasteiger partial charge in [-0.05, 0) is 31.4 Å². The zero-order valence-corrected chi connectivity index (χ0v) is 12.4. The number of sulfonamides is 1. The molecule has 1 saturated heterocycles. The van der Waals surface area contributed by atoms with E-state index in [-0.39, 0.29) is 11.9 Å². The molecule has 0 saturated carbocycles. The lowest BCUT2D eigenvalue weighted by Gasteiger charge is -2.12. The summed E-state index contributed by atoms with van der Waals surface area (Å²) in [5.74, 6) is 0.453. The third-order valence-corrected chi connectivity index (χ3v) is 4.52. The Morgan fingerprint density at radius 1 is 1.45 bits per heavy atom. The Morgan fingerprint density at radius 2 is 2.30 bits per heavy atom. The van der Waals surface area contributed by atoms with Gasteiger partial charge in [-0.2, -0.15) is 0 Å². The molecule has 112 valence electrons. The molecule has 1 atom stereocenters. The van der Waals surface area contributed by atoms with Gasteiger partial charge in [0.1, 0.15) is 5.82 Å². The van der Waals surface area contributed by atoms with Gasteiger partial charge in [0.15, 0.2) is 0 Å². The van der Waals surface area contributed by atoms with Crippen molar-refractivity contribution in [2.24, 2.45) is 0 Å². The molecule has 0 bridgehead atoms. The minimum atomic E-state index is -3.28. The Kier molecular flexibility index (Phi) is 5.19. The summed E-state index contributed by atoms with van der Waals surface area (Å²) < 4.78 is 31.2. The number of nitrogens with one attached hydrogen (secondary N) is 2. The van der Waals surface area contributed by atoms with Crippen molar-refractivity contribution in [3.63, 3.8) is 0 Å². The molecule has 2 heterocycles. The lowest BCUT2D eigenvalue weighted by Crippen LogP contribution is -2.19. The molecule has 6 nitrogen and oxygen atoms in total. The molecular weight excluding hydrogens is 278 g/mol. The summed E-state index contributed by atoms with van der Waals surface area (Å²) in [6, 6.07) is 3.47.